The van der Waals surface area contributed by atoms with Crippen LogP contribution in [0.3, 0.4) is 0 Å². The summed E-state index contributed by atoms with van der Waals surface area (Å²) in [4.78, 5) is 10.9. The fourth-order valence-electron chi connectivity index (χ4n) is 1.87. The number of hydrogen-bond donors (Lipinski definition) is 1. The molecule has 1 aromatic rings. The number of nitrogen functional groups attached to an aromatic ring is 1. The Morgan fingerprint density at radius 1 is 1.10 bits per heavy atom. The van der Waals surface area contributed by atoms with Gasteiger partial charge in [-0.1, -0.05) is 0 Å². The molecule has 6 heteroatoms. The molecule has 6 nitrogen and oxygen atoms in total. The van der Waals surface area contributed by atoms with Crippen LogP contribution in [0.1, 0.15) is 25.4 Å². The zero-order chi connectivity index (χ0) is 14.8. The van der Waals surface area contributed by atoms with E-state index in [1.165, 1.54) is 0 Å². The minimum Gasteiger partial charge on any atom is -0.384 e. The van der Waals surface area contributed by atoms with Crippen molar-refractivity contribution in [3.05, 3.63) is 17.6 Å². The van der Waals surface area contributed by atoms with Crippen molar-refractivity contribution < 1.29 is 9.47 Å². The van der Waals surface area contributed by atoms with Crippen molar-refractivity contribution in [2.24, 2.45) is 0 Å². The molecule has 20 heavy (non-hydrogen) atoms. The van der Waals surface area contributed by atoms with Gasteiger partial charge in [-0.05, 0) is 20.8 Å². The van der Waals surface area contributed by atoms with Crippen molar-refractivity contribution >= 4 is 5.82 Å². The molecule has 0 aliphatic rings. The Hall–Kier alpha value is -1.24. The summed E-state index contributed by atoms with van der Waals surface area (Å²) in [5, 5.41) is 0. The first-order valence-electron chi connectivity index (χ1n) is 7.13. The number of rotatable bonds is 10. The Labute approximate surface area is 121 Å². The topological polar surface area (TPSA) is 73.5 Å². The van der Waals surface area contributed by atoms with Crippen LogP contribution in [0.5, 0.6) is 0 Å². The quantitative estimate of drug-likeness (QED) is 0.651. The summed E-state index contributed by atoms with van der Waals surface area (Å²) >= 11 is 0. The van der Waals surface area contributed by atoms with E-state index in [1.807, 2.05) is 20.8 Å². The van der Waals surface area contributed by atoms with Crippen LogP contribution in [0.2, 0.25) is 0 Å². The largest absolute Gasteiger partial charge is 0.384 e. The predicted octanol–water partition coefficient (Wildman–Crippen LogP) is 1.24. The van der Waals surface area contributed by atoms with Crippen molar-refractivity contribution in [2.75, 3.05) is 45.3 Å². The highest BCUT2D eigenvalue weighted by atomic mass is 16.5. The average Bonchev–Trinajstić information content (AvgIpc) is 2.38. The van der Waals surface area contributed by atoms with Gasteiger partial charge in [0.05, 0.1) is 19.8 Å². The van der Waals surface area contributed by atoms with Gasteiger partial charge in [-0.25, -0.2) is 9.97 Å². The van der Waals surface area contributed by atoms with E-state index in [1.54, 1.807) is 6.07 Å². The second kappa shape index (κ2) is 9.63. The molecule has 1 aromatic heterocycles. The van der Waals surface area contributed by atoms with E-state index in [2.05, 4.69) is 14.9 Å². The number of ether oxygens (including phenoxy) is 2. The smallest absolute Gasteiger partial charge is 0.144 e. The van der Waals surface area contributed by atoms with Gasteiger partial charge in [0.15, 0.2) is 0 Å². The van der Waals surface area contributed by atoms with Gasteiger partial charge in [-0.3, -0.25) is 4.90 Å². The number of aromatic nitrogens is 2. The molecule has 0 fully saturated rings. The third kappa shape index (κ3) is 6.79. The van der Waals surface area contributed by atoms with Crippen molar-refractivity contribution in [3.63, 3.8) is 0 Å². The minimum absolute atomic E-state index is 0.516. The molecule has 1 heterocycles. The predicted molar refractivity (Wildman–Crippen MR) is 79.4 cm³/mol. The molecule has 1 rings (SSSR count). The number of nitrogens with two attached hydrogens (primary N) is 1. The van der Waals surface area contributed by atoms with E-state index < -0.39 is 0 Å². The molecule has 0 unspecified atom stereocenters. The van der Waals surface area contributed by atoms with E-state index in [0.29, 0.717) is 25.6 Å². The molecule has 0 aliphatic carbocycles. The number of hydrogen-bond acceptors (Lipinski definition) is 6. The van der Waals surface area contributed by atoms with Crippen LogP contribution >= 0.6 is 0 Å². The highest BCUT2D eigenvalue weighted by Gasteiger charge is 2.09. The monoisotopic (exact) mass is 282 g/mol. The summed E-state index contributed by atoms with van der Waals surface area (Å²) in [7, 11) is 0. The molecule has 0 saturated heterocycles. The molecule has 0 spiro atoms. The fraction of sp³-hybridized carbons (Fsp3) is 0.714. The lowest BCUT2D eigenvalue weighted by molar-refractivity contribution is 0.0787. The van der Waals surface area contributed by atoms with Crippen LogP contribution in [0.15, 0.2) is 6.07 Å². The summed E-state index contributed by atoms with van der Waals surface area (Å²) in [6.07, 6.45) is 0. The van der Waals surface area contributed by atoms with Crippen molar-refractivity contribution in [1.29, 1.82) is 0 Å². The molecular weight excluding hydrogens is 256 g/mol. The van der Waals surface area contributed by atoms with E-state index in [-0.39, 0.29) is 0 Å². The standard InChI is InChI=1S/C14H26N4O2/c1-4-19-8-6-18(7-9-20-5-2)11-14-16-12(3)10-13(15)17-14/h10H,4-9,11H2,1-3H3,(H2,15,16,17). The molecule has 0 bridgehead atoms. The molecule has 2 N–H and O–H groups in total. The molecule has 0 radical (unpaired) electrons. The van der Waals surface area contributed by atoms with Crippen LogP contribution < -0.4 is 5.73 Å². The molecule has 0 saturated carbocycles. The summed E-state index contributed by atoms with van der Waals surface area (Å²) in [5.41, 5.74) is 6.65. The maximum Gasteiger partial charge on any atom is 0.144 e. The molecule has 0 aliphatic heterocycles. The number of aryl methyl sites for hydroxylation is 1. The molecule has 114 valence electrons. The average molecular weight is 282 g/mol. The Morgan fingerprint density at radius 2 is 1.70 bits per heavy atom. The van der Waals surface area contributed by atoms with Crippen LogP contribution in [0.25, 0.3) is 0 Å². The summed E-state index contributed by atoms with van der Waals surface area (Å²) in [6.45, 7) is 11.1. The summed E-state index contributed by atoms with van der Waals surface area (Å²) in [6, 6.07) is 1.77. The number of nitrogens with zero attached hydrogens (tertiary/aromatic N) is 3. The van der Waals surface area contributed by atoms with Crippen LogP contribution in [0, 0.1) is 6.92 Å². The van der Waals surface area contributed by atoms with Gasteiger partial charge < -0.3 is 15.2 Å². The molecule has 0 aromatic carbocycles. The zero-order valence-electron chi connectivity index (χ0n) is 12.8. The molecular formula is C14H26N4O2. The number of anilines is 1. The van der Waals surface area contributed by atoms with Crippen LogP contribution in [0.4, 0.5) is 5.82 Å². The van der Waals surface area contributed by atoms with E-state index in [0.717, 1.165) is 37.8 Å². The van der Waals surface area contributed by atoms with Gasteiger partial charge in [0.25, 0.3) is 0 Å². The summed E-state index contributed by atoms with van der Waals surface area (Å²) in [5.74, 6) is 1.26. The zero-order valence-corrected chi connectivity index (χ0v) is 12.8. The third-order valence-electron chi connectivity index (χ3n) is 2.80. The second-order valence-electron chi connectivity index (χ2n) is 4.52. The first-order chi connectivity index (χ1) is 9.65. The second-order valence-corrected chi connectivity index (χ2v) is 4.52. The lowest BCUT2D eigenvalue weighted by atomic mass is 10.4. The third-order valence-corrected chi connectivity index (χ3v) is 2.80. The minimum atomic E-state index is 0.516. The van der Waals surface area contributed by atoms with Crippen molar-refractivity contribution in [1.82, 2.24) is 14.9 Å². The molecule has 0 amide bonds. The maximum absolute atomic E-state index is 5.76. The fourth-order valence-corrected chi connectivity index (χ4v) is 1.87. The van der Waals surface area contributed by atoms with Crippen LogP contribution in [-0.4, -0.2) is 54.4 Å². The van der Waals surface area contributed by atoms with Crippen LogP contribution in [-0.2, 0) is 16.0 Å². The van der Waals surface area contributed by atoms with Gasteiger partial charge in [0.1, 0.15) is 11.6 Å². The van der Waals surface area contributed by atoms with E-state index >= 15 is 0 Å². The van der Waals surface area contributed by atoms with Gasteiger partial charge >= 0.3 is 0 Å². The lowest BCUT2D eigenvalue weighted by Crippen LogP contribution is -2.31. The first kappa shape index (κ1) is 16.8. The Morgan fingerprint density at radius 3 is 2.20 bits per heavy atom. The van der Waals surface area contributed by atoms with Gasteiger partial charge in [-0.15, -0.1) is 0 Å². The highest BCUT2D eigenvalue weighted by Crippen LogP contribution is 2.05. The normalized spacial score (nSPS) is 11.2. The summed E-state index contributed by atoms with van der Waals surface area (Å²) < 4.78 is 10.8. The maximum atomic E-state index is 5.76. The van der Waals surface area contributed by atoms with Gasteiger partial charge in [-0.2, -0.15) is 0 Å². The lowest BCUT2D eigenvalue weighted by Gasteiger charge is -2.21. The van der Waals surface area contributed by atoms with E-state index in [9.17, 15) is 0 Å². The first-order valence-corrected chi connectivity index (χ1v) is 7.13. The Bertz CT molecular complexity index is 357. The van der Waals surface area contributed by atoms with Gasteiger partial charge in [0.2, 0.25) is 0 Å². The van der Waals surface area contributed by atoms with E-state index in [4.69, 9.17) is 15.2 Å². The van der Waals surface area contributed by atoms with Crippen molar-refractivity contribution in [3.8, 4) is 0 Å². The SMILES string of the molecule is CCOCCN(CCOCC)Cc1nc(C)cc(N)n1. The molecule has 0 atom stereocenters. The Balaban J connectivity index is 2.56. The Kier molecular flexibility index (Phi) is 8.10. The van der Waals surface area contributed by atoms with Crippen molar-refractivity contribution in [2.45, 2.75) is 27.3 Å². The van der Waals surface area contributed by atoms with Gasteiger partial charge in [0, 0.05) is 38.1 Å². The highest BCUT2D eigenvalue weighted by molar-refractivity contribution is 5.29.